The van der Waals surface area contributed by atoms with Crippen LogP contribution < -0.4 is 5.73 Å². The highest BCUT2D eigenvalue weighted by Gasteiger charge is 2.16. The average Bonchev–Trinajstić information content (AvgIpc) is 2.24. The highest BCUT2D eigenvalue weighted by atomic mass is 35.5. The van der Waals surface area contributed by atoms with Crippen LogP contribution in [0.3, 0.4) is 0 Å². The second-order valence-corrected chi connectivity index (χ2v) is 3.96. The summed E-state index contributed by atoms with van der Waals surface area (Å²) in [5.74, 6) is -1.74. The Kier molecular flexibility index (Phi) is 4.26. The minimum Gasteiger partial charge on any atom is -0.480 e. The number of benzene rings is 1. The largest absolute Gasteiger partial charge is 0.480 e. The summed E-state index contributed by atoms with van der Waals surface area (Å²) < 4.78 is 13.6. The molecule has 1 aromatic carbocycles. The van der Waals surface area contributed by atoms with Crippen LogP contribution in [0.1, 0.15) is 18.1 Å². The van der Waals surface area contributed by atoms with Gasteiger partial charge >= 0.3 is 5.97 Å². The first kappa shape index (κ1) is 12.9. The molecule has 0 saturated carbocycles. The van der Waals surface area contributed by atoms with Crippen molar-refractivity contribution in [3.05, 3.63) is 34.1 Å². The molecule has 1 aromatic rings. The first-order valence-corrected chi connectivity index (χ1v) is 5.28. The summed E-state index contributed by atoms with van der Waals surface area (Å²) in [5.41, 5.74) is 6.46. The van der Waals surface area contributed by atoms with Gasteiger partial charge in [-0.05, 0) is 23.6 Å². The van der Waals surface area contributed by atoms with Crippen LogP contribution in [0.4, 0.5) is 4.39 Å². The van der Waals surface area contributed by atoms with Gasteiger partial charge in [0.15, 0.2) is 0 Å². The van der Waals surface area contributed by atoms with E-state index in [-0.39, 0.29) is 17.0 Å². The first-order chi connectivity index (χ1) is 7.45. The van der Waals surface area contributed by atoms with E-state index in [0.29, 0.717) is 6.42 Å². The van der Waals surface area contributed by atoms with Gasteiger partial charge in [-0.1, -0.05) is 24.6 Å². The Morgan fingerprint density at radius 1 is 1.62 bits per heavy atom. The Hall–Kier alpha value is -1.13. The Labute approximate surface area is 98.0 Å². The smallest absolute Gasteiger partial charge is 0.320 e. The van der Waals surface area contributed by atoms with Crippen molar-refractivity contribution in [1.82, 2.24) is 0 Å². The van der Waals surface area contributed by atoms with Gasteiger partial charge in [-0.3, -0.25) is 4.79 Å². The number of carbonyl (C=O) groups is 1. The van der Waals surface area contributed by atoms with Gasteiger partial charge < -0.3 is 10.8 Å². The molecule has 0 aromatic heterocycles. The number of carboxylic acid groups (broad SMARTS) is 1. The summed E-state index contributed by atoms with van der Waals surface area (Å²) in [5, 5.41) is 8.66. The van der Waals surface area contributed by atoms with E-state index in [0.717, 1.165) is 5.56 Å². The Balaban J connectivity index is 3.03. The summed E-state index contributed by atoms with van der Waals surface area (Å²) in [6.45, 7) is 1.91. The second kappa shape index (κ2) is 5.27. The Bertz CT molecular complexity index is 409. The Morgan fingerprint density at radius 2 is 2.25 bits per heavy atom. The van der Waals surface area contributed by atoms with Gasteiger partial charge in [0.1, 0.15) is 11.9 Å². The summed E-state index contributed by atoms with van der Waals surface area (Å²) in [7, 11) is 0. The summed E-state index contributed by atoms with van der Waals surface area (Å²) in [4.78, 5) is 10.6. The molecule has 0 saturated heterocycles. The fourth-order valence-corrected chi connectivity index (χ4v) is 1.65. The quantitative estimate of drug-likeness (QED) is 0.853. The second-order valence-electron chi connectivity index (χ2n) is 3.55. The number of hydrogen-bond acceptors (Lipinski definition) is 2. The molecule has 0 amide bonds. The zero-order valence-corrected chi connectivity index (χ0v) is 9.59. The number of aryl methyl sites for hydroxylation is 1. The highest BCUT2D eigenvalue weighted by molar-refractivity contribution is 6.30. The summed E-state index contributed by atoms with van der Waals surface area (Å²) in [6.07, 6.45) is 0.643. The fourth-order valence-electron chi connectivity index (χ4n) is 1.39. The van der Waals surface area contributed by atoms with Crippen molar-refractivity contribution in [2.45, 2.75) is 25.8 Å². The molecule has 0 heterocycles. The van der Waals surface area contributed by atoms with Crippen LogP contribution >= 0.6 is 11.6 Å². The molecule has 0 fully saturated rings. The van der Waals surface area contributed by atoms with Gasteiger partial charge in [-0.25, -0.2) is 4.39 Å². The number of nitrogens with two attached hydrogens (primary N) is 1. The Morgan fingerprint density at radius 3 is 2.75 bits per heavy atom. The molecule has 16 heavy (non-hydrogen) atoms. The van der Waals surface area contributed by atoms with Crippen LogP contribution in [0.15, 0.2) is 12.1 Å². The first-order valence-electron chi connectivity index (χ1n) is 4.90. The van der Waals surface area contributed by atoms with E-state index in [4.69, 9.17) is 22.4 Å². The topological polar surface area (TPSA) is 63.3 Å². The van der Waals surface area contributed by atoms with Crippen LogP contribution in [-0.2, 0) is 17.6 Å². The molecule has 5 heteroatoms. The predicted octanol–water partition coefficient (Wildman–Crippen LogP) is 2.00. The maximum atomic E-state index is 13.6. The van der Waals surface area contributed by atoms with Crippen LogP contribution in [0.25, 0.3) is 0 Å². The molecule has 0 aliphatic rings. The van der Waals surface area contributed by atoms with Gasteiger partial charge in [0.05, 0.1) is 5.02 Å². The summed E-state index contributed by atoms with van der Waals surface area (Å²) >= 11 is 5.70. The van der Waals surface area contributed by atoms with E-state index in [1.807, 2.05) is 6.92 Å². The van der Waals surface area contributed by atoms with E-state index in [2.05, 4.69) is 0 Å². The summed E-state index contributed by atoms with van der Waals surface area (Å²) in [6, 6.07) is 2.02. The minimum absolute atomic E-state index is 0.00642. The predicted molar refractivity (Wildman–Crippen MR) is 60.1 cm³/mol. The van der Waals surface area contributed by atoms with Crippen LogP contribution in [0.5, 0.6) is 0 Å². The minimum atomic E-state index is -1.16. The molecule has 88 valence electrons. The third-order valence-electron chi connectivity index (χ3n) is 2.33. The third-order valence-corrected chi connectivity index (χ3v) is 2.60. The molecule has 0 spiro atoms. The molecule has 3 N–H and O–H groups in total. The van der Waals surface area contributed by atoms with Crippen molar-refractivity contribution in [3.63, 3.8) is 0 Å². The lowest BCUT2D eigenvalue weighted by molar-refractivity contribution is -0.138. The zero-order chi connectivity index (χ0) is 12.3. The van der Waals surface area contributed by atoms with Gasteiger partial charge in [-0.2, -0.15) is 0 Å². The lowest BCUT2D eigenvalue weighted by Gasteiger charge is -2.10. The van der Waals surface area contributed by atoms with Crippen LogP contribution in [0.2, 0.25) is 5.02 Å². The van der Waals surface area contributed by atoms with Crippen molar-refractivity contribution in [1.29, 1.82) is 0 Å². The standard InChI is InChI=1S/C11H13ClFNO2/c1-2-6-3-7(5-9(14)11(15)16)10(13)8(12)4-6/h3-4,9H,2,5,14H2,1H3,(H,15,16). The van der Waals surface area contributed by atoms with Crippen LogP contribution in [0, 0.1) is 5.82 Å². The molecule has 0 bridgehead atoms. The number of aliphatic carboxylic acids is 1. The SMILES string of the molecule is CCc1cc(Cl)c(F)c(CC(N)C(=O)O)c1. The van der Waals surface area contributed by atoms with Crippen molar-refractivity contribution in [2.75, 3.05) is 0 Å². The maximum absolute atomic E-state index is 13.6. The van der Waals surface area contributed by atoms with E-state index in [1.165, 1.54) is 6.07 Å². The zero-order valence-electron chi connectivity index (χ0n) is 8.84. The van der Waals surface area contributed by atoms with Gasteiger partial charge in [0, 0.05) is 6.42 Å². The lowest BCUT2D eigenvalue weighted by atomic mass is 10.0. The van der Waals surface area contributed by atoms with Gasteiger partial charge in [-0.15, -0.1) is 0 Å². The van der Waals surface area contributed by atoms with E-state index in [9.17, 15) is 9.18 Å². The molecule has 1 atom stereocenters. The number of hydrogen-bond donors (Lipinski definition) is 2. The number of carboxylic acids is 1. The van der Waals surface area contributed by atoms with Crippen molar-refractivity contribution in [2.24, 2.45) is 5.73 Å². The highest BCUT2D eigenvalue weighted by Crippen LogP contribution is 2.22. The fraction of sp³-hybridized carbons (Fsp3) is 0.364. The molecule has 0 aliphatic carbocycles. The van der Waals surface area contributed by atoms with Crippen molar-refractivity contribution in [3.8, 4) is 0 Å². The third kappa shape index (κ3) is 2.93. The molecule has 0 aliphatic heterocycles. The molecule has 3 nitrogen and oxygen atoms in total. The van der Waals surface area contributed by atoms with Crippen LogP contribution in [-0.4, -0.2) is 17.1 Å². The molecule has 1 rings (SSSR count). The molecule has 1 unspecified atom stereocenters. The number of halogens is 2. The van der Waals surface area contributed by atoms with Gasteiger partial charge in [0.2, 0.25) is 0 Å². The monoisotopic (exact) mass is 245 g/mol. The maximum Gasteiger partial charge on any atom is 0.320 e. The lowest BCUT2D eigenvalue weighted by Crippen LogP contribution is -2.32. The average molecular weight is 246 g/mol. The molecular formula is C11H13ClFNO2. The van der Waals surface area contributed by atoms with Gasteiger partial charge in [0.25, 0.3) is 0 Å². The van der Waals surface area contributed by atoms with E-state index < -0.39 is 17.8 Å². The molecular weight excluding hydrogens is 233 g/mol. The molecule has 0 radical (unpaired) electrons. The van der Waals surface area contributed by atoms with Crippen molar-refractivity contribution >= 4 is 17.6 Å². The van der Waals surface area contributed by atoms with Crippen molar-refractivity contribution < 1.29 is 14.3 Å². The van der Waals surface area contributed by atoms with E-state index >= 15 is 0 Å². The number of rotatable bonds is 4. The normalized spacial score (nSPS) is 12.5. The van der Waals surface area contributed by atoms with E-state index in [1.54, 1.807) is 6.07 Å².